The zero-order valence-electron chi connectivity index (χ0n) is 17.5. The molecule has 0 aliphatic carbocycles. The molecule has 2 aromatic rings. The van der Waals surface area contributed by atoms with Crippen molar-refractivity contribution < 1.29 is 14.5 Å². The van der Waals surface area contributed by atoms with E-state index in [1.54, 1.807) is 17.4 Å². The summed E-state index contributed by atoms with van der Waals surface area (Å²) in [5, 5.41) is 16.4. The molecule has 0 radical (unpaired) electrons. The molecule has 8 nitrogen and oxygen atoms in total. The summed E-state index contributed by atoms with van der Waals surface area (Å²) in [6.07, 6.45) is 3.30. The van der Waals surface area contributed by atoms with Gasteiger partial charge in [-0.2, -0.15) is 0 Å². The van der Waals surface area contributed by atoms with E-state index in [2.05, 4.69) is 21.2 Å². The van der Waals surface area contributed by atoms with Crippen LogP contribution < -0.4 is 10.2 Å². The molecule has 1 aromatic heterocycles. The maximum atomic E-state index is 13.2. The minimum absolute atomic E-state index is 0.0602. The van der Waals surface area contributed by atoms with E-state index >= 15 is 0 Å². The van der Waals surface area contributed by atoms with Crippen LogP contribution in [-0.4, -0.2) is 61.7 Å². The van der Waals surface area contributed by atoms with E-state index in [0.29, 0.717) is 25.3 Å². The van der Waals surface area contributed by atoms with Crippen LogP contribution in [0.15, 0.2) is 35.7 Å². The normalized spacial score (nSPS) is 18.5. The third-order valence-electron chi connectivity index (χ3n) is 5.95. The highest BCUT2D eigenvalue weighted by molar-refractivity contribution is 7.10. The number of nitro benzene ring substituents is 1. The predicted molar refractivity (Wildman–Crippen MR) is 121 cm³/mol. The first-order valence-corrected chi connectivity index (χ1v) is 11.7. The number of carbonyl (C=O) groups excluding carboxylic acids is 1. The molecule has 1 unspecified atom stereocenters. The maximum absolute atomic E-state index is 13.2. The number of anilines is 1. The van der Waals surface area contributed by atoms with Crippen molar-refractivity contribution >= 4 is 28.6 Å². The molecule has 1 amide bonds. The van der Waals surface area contributed by atoms with Gasteiger partial charge in [-0.3, -0.25) is 19.8 Å². The van der Waals surface area contributed by atoms with E-state index < -0.39 is 4.92 Å². The van der Waals surface area contributed by atoms with E-state index in [4.69, 9.17) is 4.74 Å². The van der Waals surface area contributed by atoms with Gasteiger partial charge < -0.3 is 15.0 Å². The van der Waals surface area contributed by atoms with Gasteiger partial charge in [-0.1, -0.05) is 6.07 Å². The van der Waals surface area contributed by atoms with E-state index in [9.17, 15) is 14.9 Å². The number of rotatable bonds is 7. The van der Waals surface area contributed by atoms with Crippen LogP contribution in [0.1, 0.15) is 40.5 Å². The van der Waals surface area contributed by atoms with Crippen molar-refractivity contribution in [3.8, 4) is 0 Å². The van der Waals surface area contributed by atoms with Crippen molar-refractivity contribution in [2.45, 2.75) is 25.3 Å². The average molecular weight is 445 g/mol. The lowest BCUT2D eigenvalue weighted by molar-refractivity contribution is -0.384. The van der Waals surface area contributed by atoms with Crippen LogP contribution in [0.3, 0.4) is 0 Å². The Kier molecular flexibility index (Phi) is 7.16. The molecule has 166 valence electrons. The van der Waals surface area contributed by atoms with E-state index in [0.717, 1.165) is 44.7 Å². The number of morpholine rings is 1. The van der Waals surface area contributed by atoms with Crippen molar-refractivity contribution in [2.24, 2.45) is 0 Å². The summed E-state index contributed by atoms with van der Waals surface area (Å²) in [7, 11) is 0. The smallest absolute Gasteiger partial charge is 0.270 e. The molecule has 3 heterocycles. The molecule has 1 N–H and O–H groups in total. The Morgan fingerprint density at radius 2 is 1.94 bits per heavy atom. The molecule has 0 spiro atoms. The maximum Gasteiger partial charge on any atom is 0.270 e. The van der Waals surface area contributed by atoms with Crippen LogP contribution in [0.5, 0.6) is 0 Å². The summed E-state index contributed by atoms with van der Waals surface area (Å²) in [6, 6.07) is 8.78. The van der Waals surface area contributed by atoms with Crippen LogP contribution in [0.4, 0.5) is 11.4 Å². The number of nitrogens with one attached hydrogen (secondary N) is 1. The Labute approximate surface area is 185 Å². The number of carbonyl (C=O) groups is 1. The lowest BCUT2D eigenvalue weighted by atomic mass is 10.1. The Hall–Kier alpha value is -2.49. The number of amides is 1. The molecule has 1 atom stereocenters. The van der Waals surface area contributed by atoms with Crippen LogP contribution in [-0.2, 0) is 4.74 Å². The van der Waals surface area contributed by atoms with E-state index in [1.165, 1.54) is 23.4 Å². The Balaban J connectivity index is 1.54. The van der Waals surface area contributed by atoms with Gasteiger partial charge in [-0.15, -0.1) is 11.3 Å². The summed E-state index contributed by atoms with van der Waals surface area (Å²) in [4.78, 5) is 29.8. The van der Waals surface area contributed by atoms with E-state index in [-0.39, 0.29) is 17.6 Å². The fourth-order valence-corrected chi connectivity index (χ4v) is 5.16. The number of nitro groups is 1. The molecule has 0 saturated carbocycles. The van der Waals surface area contributed by atoms with Gasteiger partial charge >= 0.3 is 0 Å². The van der Waals surface area contributed by atoms with Gasteiger partial charge in [0.2, 0.25) is 0 Å². The molecule has 2 saturated heterocycles. The number of hydrogen-bond donors (Lipinski definition) is 1. The average Bonchev–Trinajstić information content (AvgIpc) is 3.34. The van der Waals surface area contributed by atoms with Gasteiger partial charge in [0.25, 0.3) is 11.6 Å². The molecule has 2 fully saturated rings. The predicted octanol–water partition coefficient (Wildman–Crippen LogP) is 3.45. The molecule has 9 heteroatoms. The Morgan fingerprint density at radius 3 is 2.61 bits per heavy atom. The monoisotopic (exact) mass is 444 g/mol. The number of benzene rings is 1. The molecular formula is C22H28N4O4S. The minimum Gasteiger partial charge on any atom is -0.379 e. The highest BCUT2D eigenvalue weighted by atomic mass is 32.1. The fourth-order valence-electron chi connectivity index (χ4n) is 4.29. The van der Waals surface area contributed by atoms with Crippen LogP contribution in [0, 0.1) is 10.1 Å². The van der Waals surface area contributed by atoms with Gasteiger partial charge in [-0.05, 0) is 36.8 Å². The summed E-state index contributed by atoms with van der Waals surface area (Å²) < 4.78 is 5.49. The van der Waals surface area contributed by atoms with Crippen molar-refractivity contribution in [2.75, 3.05) is 50.8 Å². The Morgan fingerprint density at radius 1 is 1.16 bits per heavy atom. The van der Waals surface area contributed by atoms with Gasteiger partial charge in [0.15, 0.2) is 0 Å². The SMILES string of the molecule is O=C(NCC(c1cccs1)N1CCOCC1)c1cc([N+](=O)[O-])ccc1N1CCCCC1. The molecule has 2 aliphatic rings. The number of thiophene rings is 1. The van der Waals surface area contributed by atoms with Gasteiger partial charge in [0, 0.05) is 49.7 Å². The molecular weight excluding hydrogens is 416 g/mol. The van der Waals surface area contributed by atoms with Crippen molar-refractivity contribution in [3.63, 3.8) is 0 Å². The largest absolute Gasteiger partial charge is 0.379 e. The second-order valence-electron chi connectivity index (χ2n) is 7.90. The fraction of sp³-hybridized carbons (Fsp3) is 0.500. The van der Waals surface area contributed by atoms with Gasteiger partial charge in [0.05, 0.1) is 35.4 Å². The zero-order chi connectivity index (χ0) is 21.6. The minimum atomic E-state index is -0.445. The third-order valence-corrected chi connectivity index (χ3v) is 6.92. The summed E-state index contributed by atoms with van der Waals surface area (Å²) in [5.41, 5.74) is 1.10. The Bertz CT molecular complexity index is 893. The topological polar surface area (TPSA) is 88.0 Å². The zero-order valence-corrected chi connectivity index (χ0v) is 18.3. The van der Waals surface area contributed by atoms with Crippen LogP contribution >= 0.6 is 11.3 Å². The first-order valence-electron chi connectivity index (χ1n) is 10.8. The first kappa shape index (κ1) is 21.7. The molecule has 0 bridgehead atoms. The lowest BCUT2D eigenvalue weighted by Crippen LogP contribution is -2.43. The summed E-state index contributed by atoms with van der Waals surface area (Å²) >= 11 is 1.67. The van der Waals surface area contributed by atoms with Gasteiger partial charge in [0.1, 0.15) is 0 Å². The quantitative estimate of drug-likeness (QED) is 0.520. The van der Waals surface area contributed by atoms with Crippen molar-refractivity contribution in [1.82, 2.24) is 10.2 Å². The first-order chi connectivity index (χ1) is 15.1. The lowest BCUT2D eigenvalue weighted by Gasteiger charge is -2.34. The number of piperidine rings is 1. The molecule has 1 aromatic carbocycles. The summed E-state index contributed by atoms with van der Waals surface area (Å²) in [5.74, 6) is -0.265. The van der Waals surface area contributed by atoms with Crippen molar-refractivity contribution in [1.29, 1.82) is 0 Å². The number of non-ortho nitro benzene ring substituents is 1. The highest BCUT2D eigenvalue weighted by Gasteiger charge is 2.26. The second kappa shape index (κ2) is 10.2. The van der Waals surface area contributed by atoms with Crippen LogP contribution in [0.2, 0.25) is 0 Å². The number of hydrogen-bond acceptors (Lipinski definition) is 7. The van der Waals surface area contributed by atoms with Crippen molar-refractivity contribution in [3.05, 3.63) is 56.3 Å². The molecule has 4 rings (SSSR count). The van der Waals surface area contributed by atoms with E-state index in [1.807, 2.05) is 11.4 Å². The van der Waals surface area contributed by atoms with Gasteiger partial charge in [-0.25, -0.2) is 0 Å². The second-order valence-corrected chi connectivity index (χ2v) is 8.88. The summed E-state index contributed by atoms with van der Waals surface area (Å²) in [6.45, 7) is 5.16. The standard InChI is InChI=1S/C22H28N4O4S/c27-22(23-16-20(21-5-4-14-31-21)25-10-12-30-13-11-25)18-15-17(26(28)29)6-7-19(18)24-8-2-1-3-9-24/h4-7,14-15,20H,1-3,8-13,16H2,(H,23,27). The van der Waals surface area contributed by atoms with Crippen LogP contribution in [0.25, 0.3) is 0 Å². The number of ether oxygens (including phenoxy) is 1. The molecule has 31 heavy (non-hydrogen) atoms. The molecule has 2 aliphatic heterocycles. The number of nitrogens with zero attached hydrogens (tertiary/aromatic N) is 3. The highest BCUT2D eigenvalue weighted by Crippen LogP contribution is 2.29. The third kappa shape index (κ3) is 5.23.